The fraction of sp³-hybridized carbons (Fsp3) is 0.261. The van der Waals surface area contributed by atoms with Crippen LogP contribution in [-0.4, -0.2) is 21.5 Å². The quantitative estimate of drug-likeness (QED) is 0.588. The van der Waals surface area contributed by atoms with E-state index >= 15 is 0 Å². The maximum atomic E-state index is 13.0. The van der Waals surface area contributed by atoms with Crippen molar-refractivity contribution < 1.29 is 4.79 Å². The second-order valence-electron chi connectivity index (χ2n) is 7.26. The van der Waals surface area contributed by atoms with E-state index in [1.54, 1.807) is 6.92 Å². The molecule has 1 aromatic heterocycles. The highest BCUT2D eigenvalue weighted by atomic mass is 16.2. The summed E-state index contributed by atoms with van der Waals surface area (Å²) in [7, 11) is 0. The lowest BCUT2D eigenvalue weighted by molar-refractivity contribution is 0.100. The first kappa shape index (κ1) is 21.1. The van der Waals surface area contributed by atoms with Crippen LogP contribution in [0.25, 0.3) is 0 Å². The van der Waals surface area contributed by atoms with E-state index in [0.29, 0.717) is 0 Å². The molecule has 2 aromatic carbocycles. The number of nitrogen functional groups attached to an aromatic ring is 1. The van der Waals surface area contributed by atoms with E-state index in [1.807, 2.05) is 62.4 Å². The lowest BCUT2D eigenvalue weighted by atomic mass is 10.1. The Bertz CT molecular complexity index is 1190. The molecule has 0 amide bonds. The summed E-state index contributed by atoms with van der Waals surface area (Å²) in [5.41, 5.74) is 8.60. The van der Waals surface area contributed by atoms with Gasteiger partial charge in [0.15, 0.2) is 5.78 Å². The molecule has 0 saturated heterocycles. The van der Waals surface area contributed by atoms with Crippen LogP contribution in [-0.2, 0) is 13.1 Å². The van der Waals surface area contributed by atoms with Crippen LogP contribution >= 0.6 is 0 Å². The molecule has 30 heavy (non-hydrogen) atoms. The van der Waals surface area contributed by atoms with Crippen LogP contribution in [0.2, 0.25) is 0 Å². The van der Waals surface area contributed by atoms with Gasteiger partial charge in [0.05, 0.1) is 13.1 Å². The number of carbonyl (C=O) groups excluding carboxylic acids is 1. The lowest BCUT2D eigenvalue weighted by Gasteiger charge is -2.16. The molecule has 0 aliphatic carbocycles. The predicted octanol–water partition coefficient (Wildman–Crippen LogP) is 2.57. The maximum Gasteiger partial charge on any atom is 0.332 e. The third kappa shape index (κ3) is 4.20. The van der Waals surface area contributed by atoms with Gasteiger partial charge in [-0.25, -0.2) is 4.79 Å². The summed E-state index contributed by atoms with van der Waals surface area (Å²) in [6.07, 6.45) is 0. The van der Waals surface area contributed by atoms with Crippen LogP contribution in [0.4, 0.5) is 11.5 Å². The van der Waals surface area contributed by atoms with E-state index < -0.39 is 17.0 Å². The van der Waals surface area contributed by atoms with E-state index in [1.165, 1.54) is 4.57 Å². The summed E-state index contributed by atoms with van der Waals surface area (Å²) in [5, 5.41) is 3.07. The van der Waals surface area contributed by atoms with Gasteiger partial charge in [-0.3, -0.25) is 18.7 Å². The summed E-state index contributed by atoms with van der Waals surface area (Å²) in [4.78, 5) is 38.6. The number of rotatable bonds is 7. The number of hydrogen-bond acceptors (Lipinski definition) is 5. The number of anilines is 2. The Morgan fingerprint density at radius 3 is 2.37 bits per heavy atom. The van der Waals surface area contributed by atoms with Crippen molar-refractivity contribution in [2.24, 2.45) is 0 Å². The fourth-order valence-electron chi connectivity index (χ4n) is 3.45. The van der Waals surface area contributed by atoms with Gasteiger partial charge in [-0.1, -0.05) is 48.0 Å². The molecule has 3 aromatic rings. The topological polar surface area (TPSA) is 99.1 Å². The molecule has 0 spiro atoms. The van der Waals surface area contributed by atoms with Crippen molar-refractivity contribution in [3.63, 3.8) is 0 Å². The largest absolute Gasteiger partial charge is 0.384 e. The van der Waals surface area contributed by atoms with Gasteiger partial charge in [-0.05, 0) is 38.0 Å². The summed E-state index contributed by atoms with van der Waals surface area (Å²) in [6.45, 7) is 5.85. The first-order chi connectivity index (χ1) is 14.3. The van der Waals surface area contributed by atoms with E-state index in [9.17, 15) is 14.4 Å². The standard InChI is InChI=1S/C23H26N4O3/c1-4-26-22(29)20(19(28)13-25-18-11-10-15(2)12-16(18)3)21(24)27(23(26)30)14-17-8-6-5-7-9-17/h5-12,25H,4,13-14,24H2,1-3H3. The monoisotopic (exact) mass is 406 g/mol. The molecule has 7 nitrogen and oxygen atoms in total. The van der Waals surface area contributed by atoms with Gasteiger partial charge in [0.1, 0.15) is 11.4 Å². The van der Waals surface area contributed by atoms with Crippen LogP contribution in [0.3, 0.4) is 0 Å². The third-order valence-corrected chi connectivity index (χ3v) is 5.07. The molecule has 0 unspecified atom stereocenters. The van der Waals surface area contributed by atoms with Crippen molar-refractivity contribution in [1.29, 1.82) is 0 Å². The first-order valence-corrected chi connectivity index (χ1v) is 9.84. The van der Waals surface area contributed by atoms with Gasteiger partial charge in [0, 0.05) is 12.2 Å². The number of carbonyl (C=O) groups is 1. The smallest absolute Gasteiger partial charge is 0.332 e. The van der Waals surface area contributed by atoms with E-state index in [-0.39, 0.29) is 31.0 Å². The van der Waals surface area contributed by atoms with Crippen molar-refractivity contribution >= 4 is 17.3 Å². The molecule has 0 aliphatic rings. The Kier molecular flexibility index (Phi) is 6.20. The highest BCUT2D eigenvalue weighted by Crippen LogP contribution is 2.16. The van der Waals surface area contributed by atoms with Crippen LogP contribution in [0, 0.1) is 13.8 Å². The molecule has 0 radical (unpaired) electrons. The van der Waals surface area contributed by atoms with Gasteiger partial charge in [-0.2, -0.15) is 0 Å². The molecule has 7 heteroatoms. The van der Waals surface area contributed by atoms with Crippen molar-refractivity contribution in [2.75, 3.05) is 17.6 Å². The summed E-state index contributed by atoms with van der Waals surface area (Å²) in [6, 6.07) is 15.1. The fourth-order valence-corrected chi connectivity index (χ4v) is 3.45. The minimum Gasteiger partial charge on any atom is -0.384 e. The van der Waals surface area contributed by atoms with Crippen LogP contribution in [0.15, 0.2) is 58.1 Å². The molecule has 0 fully saturated rings. The normalized spacial score (nSPS) is 10.8. The number of benzene rings is 2. The highest BCUT2D eigenvalue weighted by molar-refractivity contribution is 6.02. The van der Waals surface area contributed by atoms with Crippen LogP contribution in [0.1, 0.15) is 34.0 Å². The summed E-state index contributed by atoms with van der Waals surface area (Å²) in [5.74, 6) is -0.563. The number of aromatic nitrogens is 2. The number of nitrogens with zero attached hydrogens (tertiary/aromatic N) is 2. The lowest BCUT2D eigenvalue weighted by Crippen LogP contribution is -2.44. The second kappa shape index (κ2) is 8.82. The zero-order chi connectivity index (χ0) is 21.8. The second-order valence-corrected chi connectivity index (χ2v) is 7.26. The molecule has 0 bridgehead atoms. The minimum absolute atomic E-state index is 0.101. The van der Waals surface area contributed by atoms with Gasteiger partial charge < -0.3 is 11.1 Å². The van der Waals surface area contributed by atoms with Gasteiger partial charge in [-0.15, -0.1) is 0 Å². The predicted molar refractivity (Wildman–Crippen MR) is 119 cm³/mol. The molecule has 0 aliphatic heterocycles. The average Bonchev–Trinajstić information content (AvgIpc) is 2.71. The maximum absolute atomic E-state index is 13.0. The SMILES string of the molecule is CCn1c(=O)c(C(=O)CNc2ccc(C)cc2C)c(N)n(Cc2ccccc2)c1=O. The molecule has 3 N–H and O–H groups in total. The van der Waals surface area contributed by atoms with E-state index in [2.05, 4.69) is 5.32 Å². The van der Waals surface area contributed by atoms with Crippen LogP contribution in [0.5, 0.6) is 0 Å². The number of nitrogens with one attached hydrogen (secondary N) is 1. The molecule has 156 valence electrons. The molecule has 3 rings (SSSR count). The molecule has 0 atom stereocenters. The zero-order valence-corrected chi connectivity index (χ0v) is 17.4. The van der Waals surface area contributed by atoms with Crippen molar-refractivity contribution in [2.45, 2.75) is 33.9 Å². The van der Waals surface area contributed by atoms with Gasteiger partial charge >= 0.3 is 5.69 Å². The van der Waals surface area contributed by atoms with E-state index in [4.69, 9.17) is 5.73 Å². The van der Waals surface area contributed by atoms with E-state index in [0.717, 1.165) is 26.9 Å². The Morgan fingerprint density at radius 1 is 1.03 bits per heavy atom. The first-order valence-electron chi connectivity index (χ1n) is 9.84. The Labute approximate surface area is 174 Å². The van der Waals surface area contributed by atoms with Gasteiger partial charge in [0.2, 0.25) is 0 Å². The van der Waals surface area contributed by atoms with Crippen molar-refractivity contribution in [3.8, 4) is 0 Å². The summed E-state index contributed by atoms with van der Waals surface area (Å²) < 4.78 is 2.33. The Balaban J connectivity index is 1.98. The molecular formula is C23H26N4O3. The Hall–Kier alpha value is -3.61. The molecular weight excluding hydrogens is 380 g/mol. The number of Topliss-reactive ketones (excluding diaryl/α,β-unsaturated/α-hetero) is 1. The number of nitrogens with two attached hydrogens (primary N) is 1. The van der Waals surface area contributed by atoms with Crippen molar-refractivity contribution in [3.05, 3.63) is 91.6 Å². The minimum atomic E-state index is -0.656. The Morgan fingerprint density at radius 2 is 1.73 bits per heavy atom. The number of aryl methyl sites for hydroxylation is 2. The van der Waals surface area contributed by atoms with Crippen LogP contribution < -0.4 is 22.3 Å². The molecule has 1 heterocycles. The molecule has 0 saturated carbocycles. The zero-order valence-electron chi connectivity index (χ0n) is 17.4. The van der Waals surface area contributed by atoms with Crippen molar-refractivity contribution in [1.82, 2.24) is 9.13 Å². The third-order valence-electron chi connectivity index (χ3n) is 5.07. The number of ketones is 1. The number of hydrogen-bond donors (Lipinski definition) is 2. The average molecular weight is 406 g/mol. The highest BCUT2D eigenvalue weighted by Gasteiger charge is 2.22. The summed E-state index contributed by atoms with van der Waals surface area (Å²) >= 11 is 0. The van der Waals surface area contributed by atoms with Gasteiger partial charge in [0.25, 0.3) is 5.56 Å².